The number of aromatic carboxylic acids is 1. The van der Waals surface area contributed by atoms with Gasteiger partial charge in [-0.3, -0.25) is 4.79 Å². The second kappa shape index (κ2) is 8.21. The van der Waals surface area contributed by atoms with Crippen molar-refractivity contribution in [2.24, 2.45) is 4.99 Å². The van der Waals surface area contributed by atoms with Crippen molar-refractivity contribution in [3.63, 3.8) is 0 Å². The van der Waals surface area contributed by atoms with Gasteiger partial charge in [0.05, 0.1) is 16.2 Å². The SMILES string of the molecule is N#CCOc1ccccc1C=C1SC(=Nc2ccc(C(=O)O)cc2)NC1=O. The molecule has 7 nitrogen and oxygen atoms in total. The molecular formula is C19H13N3O4S. The Hall–Kier alpha value is -3.57. The van der Waals surface area contributed by atoms with Gasteiger partial charge in [0, 0.05) is 5.56 Å². The smallest absolute Gasteiger partial charge is 0.335 e. The van der Waals surface area contributed by atoms with Gasteiger partial charge in [0.15, 0.2) is 11.8 Å². The minimum Gasteiger partial charge on any atom is -0.478 e. The number of carbonyl (C=O) groups is 2. The normalized spacial score (nSPS) is 16.2. The van der Waals surface area contributed by atoms with E-state index < -0.39 is 5.97 Å². The molecule has 1 aliphatic heterocycles. The number of para-hydroxylation sites is 1. The average Bonchev–Trinajstić information content (AvgIpc) is 3.00. The van der Waals surface area contributed by atoms with Crippen LogP contribution in [0.5, 0.6) is 5.75 Å². The zero-order valence-electron chi connectivity index (χ0n) is 13.9. The highest BCUT2D eigenvalue weighted by Gasteiger charge is 2.24. The first-order chi connectivity index (χ1) is 13.1. The molecule has 0 spiro atoms. The van der Waals surface area contributed by atoms with Crippen LogP contribution in [-0.2, 0) is 4.79 Å². The van der Waals surface area contributed by atoms with Crippen LogP contribution < -0.4 is 10.1 Å². The maximum atomic E-state index is 12.2. The Balaban J connectivity index is 1.80. The van der Waals surface area contributed by atoms with E-state index in [9.17, 15) is 9.59 Å². The van der Waals surface area contributed by atoms with E-state index in [0.29, 0.717) is 27.1 Å². The number of nitriles is 1. The zero-order chi connectivity index (χ0) is 19.2. The topological polar surface area (TPSA) is 112 Å². The number of aliphatic imine (C=N–C) groups is 1. The van der Waals surface area contributed by atoms with E-state index in [2.05, 4.69) is 10.3 Å². The molecule has 2 aromatic carbocycles. The number of rotatable bonds is 5. The van der Waals surface area contributed by atoms with Crippen LogP contribution in [0, 0.1) is 11.3 Å². The Morgan fingerprint density at radius 2 is 2.00 bits per heavy atom. The predicted octanol–water partition coefficient (Wildman–Crippen LogP) is 3.18. The number of carboxylic acids is 1. The number of nitrogens with zero attached hydrogens (tertiary/aromatic N) is 2. The van der Waals surface area contributed by atoms with E-state index in [1.165, 1.54) is 23.9 Å². The molecule has 0 bridgehead atoms. The summed E-state index contributed by atoms with van der Waals surface area (Å²) >= 11 is 1.17. The molecule has 134 valence electrons. The minimum atomic E-state index is -1.01. The van der Waals surface area contributed by atoms with Crippen molar-refractivity contribution in [1.29, 1.82) is 5.26 Å². The lowest BCUT2D eigenvalue weighted by Gasteiger charge is -2.05. The number of benzene rings is 2. The quantitative estimate of drug-likeness (QED) is 0.772. The summed E-state index contributed by atoms with van der Waals surface area (Å²) in [5.74, 6) is -0.800. The van der Waals surface area contributed by atoms with E-state index in [4.69, 9.17) is 15.1 Å². The Labute approximate surface area is 159 Å². The minimum absolute atomic E-state index is 0.0847. The van der Waals surface area contributed by atoms with Crippen LogP contribution in [0.1, 0.15) is 15.9 Å². The summed E-state index contributed by atoms with van der Waals surface area (Å²) in [6, 6.07) is 15.0. The summed E-state index contributed by atoms with van der Waals surface area (Å²) in [4.78, 5) is 27.8. The Morgan fingerprint density at radius 1 is 1.26 bits per heavy atom. The molecule has 0 unspecified atom stereocenters. The summed E-state index contributed by atoms with van der Waals surface area (Å²) in [7, 11) is 0. The van der Waals surface area contributed by atoms with Gasteiger partial charge >= 0.3 is 5.97 Å². The summed E-state index contributed by atoms with van der Waals surface area (Å²) in [6.45, 7) is -0.0847. The standard InChI is InChI=1S/C19H13N3O4S/c20-9-10-26-15-4-2-1-3-13(15)11-16-17(23)22-19(27-16)21-14-7-5-12(6-8-14)18(24)25/h1-8,11H,10H2,(H,24,25)(H,21,22,23). The Bertz CT molecular complexity index is 991. The highest BCUT2D eigenvalue weighted by molar-refractivity contribution is 8.18. The van der Waals surface area contributed by atoms with Crippen LogP contribution >= 0.6 is 11.8 Å². The molecule has 0 aliphatic carbocycles. The van der Waals surface area contributed by atoms with Gasteiger partial charge in [0.2, 0.25) is 0 Å². The number of amides is 1. The van der Waals surface area contributed by atoms with Crippen LogP contribution in [0.15, 0.2) is 58.4 Å². The van der Waals surface area contributed by atoms with E-state index in [1.54, 1.807) is 36.4 Å². The average molecular weight is 379 g/mol. The number of amidine groups is 1. The molecule has 0 atom stereocenters. The molecule has 2 N–H and O–H groups in total. The van der Waals surface area contributed by atoms with Gasteiger partial charge in [0.1, 0.15) is 11.8 Å². The summed E-state index contributed by atoms with van der Waals surface area (Å²) in [5, 5.41) is 20.6. The van der Waals surface area contributed by atoms with E-state index in [0.717, 1.165) is 0 Å². The molecule has 8 heteroatoms. The Kier molecular flexibility index (Phi) is 5.54. The number of ether oxygens (including phenoxy) is 1. The maximum absolute atomic E-state index is 12.2. The fourth-order valence-corrected chi connectivity index (χ4v) is 3.09. The first kappa shape index (κ1) is 18.2. The predicted molar refractivity (Wildman–Crippen MR) is 102 cm³/mol. The van der Waals surface area contributed by atoms with Crippen molar-refractivity contribution in [3.8, 4) is 11.8 Å². The third-order valence-electron chi connectivity index (χ3n) is 3.49. The molecule has 0 radical (unpaired) electrons. The van der Waals surface area contributed by atoms with Crippen molar-refractivity contribution in [3.05, 3.63) is 64.6 Å². The number of carboxylic acid groups (broad SMARTS) is 1. The van der Waals surface area contributed by atoms with Crippen LogP contribution in [0.25, 0.3) is 6.08 Å². The molecule has 1 amide bonds. The fraction of sp³-hybridized carbons (Fsp3) is 0.0526. The third-order valence-corrected chi connectivity index (χ3v) is 4.40. The number of carbonyl (C=O) groups excluding carboxylic acids is 1. The van der Waals surface area contributed by atoms with Crippen molar-refractivity contribution in [2.45, 2.75) is 0 Å². The molecule has 2 aromatic rings. The number of hydrogen-bond donors (Lipinski definition) is 2. The molecule has 1 heterocycles. The summed E-state index contributed by atoms with van der Waals surface area (Å²) in [5.41, 5.74) is 1.37. The van der Waals surface area contributed by atoms with Gasteiger partial charge in [-0.15, -0.1) is 0 Å². The lowest BCUT2D eigenvalue weighted by atomic mass is 10.2. The maximum Gasteiger partial charge on any atom is 0.335 e. The van der Waals surface area contributed by atoms with E-state index >= 15 is 0 Å². The van der Waals surface area contributed by atoms with Gasteiger partial charge < -0.3 is 15.2 Å². The number of thioether (sulfide) groups is 1. The van der Waals surface area contributed by atoms with Crippen molar-refractivity contribution >= 4 is 40.6 Å². The van der Waals surface area contributed by atoms with Gasteiger partial charge in [0.25, 0.3) is 5.91 Å². The van der Waals surface area contributed by atoms with Crippen LogP contribution in [0.3, 0.4) is 0 Å². The Morgan fingerprint density at radius 3 is 2.70 bits per heavy atom. The number of nitrogens with one attached hydrogen (secondary N) is 1. The molecule has 1 saturated heterocycles. The lowest BCUT2D eigenvalue weighted by molar-refractivity contribution is -0.115. The van der Waals surface area contributed by atoms with Crippen molar-refractivity contribution < 1.29 is 19.4 Å². The molecule has 1 aliphatic rings. The zero-order valence-corrected chi connectivity index (χ0v) is 14.7. The van der Waals surface area contributed by atoms with Gasteiger partial charge in [-0.25, -0.2) is 9.79 Å². The fourth-order valence-electron chi connectivity index (χ4n) is 2.26. The largest absolute Gasteiger partial charge is 0.478 e. The van der Waals surface area contributed by atoms with Crippen LogP contribution in [-0.4, -0.2) is 28.8 Å². The molecule has 3 rings (SSSR count). The van der Waals surface area contributed by atoms with Crippen molar-refractivity contribution in [2.75, 3.05) is 6.61 Å². The van der Waals surface area contributed by atoms with Crippen LogP contribution in [0.4, 0.5) is 5.69 Å². The van der Waals surface area contributed by atoms with Gasteiger partial charge in [-0.1, -0.05) is 18.2 Å². The molecular weight excluding hydrogens is 366 g/mol. The van der Waals surface area contributed by atoms with Gasteiger partial charge in [-0.2, -0.15) is 5.26 Å². The first-order valence-electron chi connectivity index (χ1n) is 7.78. The summed E-state index contributed by atoms with van der Waals surface area (Å²) < 4.78 is 5.36. The van der Waals surface area contributed by atoms with Crippen molar-refractivity contribution in [1.82, 2.24) is 5.32 Å². The molecule has 1 fully saturated rings. The van der Waals surface area contributed by atoms with E-state index in [1.807, 2.05) is 12.1 Å². The summed E-state index contributed by atoms with van der Waals surface area (Å²) in [6.07, 6.45) is 1.67. The van der Waals surface area contributed by atoms with Gasteiger partial charge in [-0.05, 0) is 48.2 Å². The first-order valence-corrected chi connectivity index (χ1v) is 8.60. The van der Waals surface area contributed by atoms with E-state index in [-0.39, 0.29) is 18.1 Å². The lowest BCUT2D eigenvalue weighted by Crippen LogP contribution is -2.19. The molecule has 27 heavy (non-hydrogen) atoms. The van der Waals surface area contributed by atoms with Crippen LogP contribution in [0.2, 0.25) is 0 Å². The monoisotopic (exact) mass is 379 g/mol. The highest BCUT2D eigenvalue weighted by atomic mass is 32.2. The second-order valence-corrected chi connectivity index (χ2v) is 6.35. The molecule has 0 aromatic heterocycles. The highest BCUT2D eigenvalue weighted by Crippen LogP contribution is 2.30. The second-order valence-electron chi connectivity index (χ2n) is 5.32. The number of hydrogen-bond acceptors (Lipinski definition) is 6. The third kappa shape index (κ3) is 4.54. The molecule has 0 saturated carbocycles.